The molecule has 0 spiro atoms. The first kappa shape index (κ1) is 15.7. The second-order valence-electron chi connectivity index (χ2n) is 4.25. The first-order valence-electron chi connectivity index (χ1n) is 5.98. The van der Waals surface area contributed by atoms with Crippen molar-refractivity contribution in [3.8, 4) is 5.75 Å². The van der Waals surface area contributed by atoms with Crippen LogP contribution in [-0.2, 0) is 6.42 Å². The lowest BCUT2D eigenvalue weighted by Crippen LogP contribution is -1.89. The third-order valence-corrected chi connectivity index (χ3v) is 2.25. The lowest BCUT2D eigenvalue weighted by atomic mass is 10.1. The highest BCUT2D eigenvalue weighted by Gasteiger charge is 1.90. The van der Waals surface area contributed by atoms with E-state index in [1.807, 2.05) is 30.3 Å². The van der Waals surface area contributed by atoms with E-state index >= 15 is 0 Å². The Morgan fingerprint density at radius 1 is 1.29 bits per heavy atom. The molecule has 96 valence electrons. The number of hydrogen-bond donors (Lipinski definition) is 1. The Bertz CT molecular complexity index is 288. The number of hydrogen-bond acceptors (Lipinski definition) is 2. The minimum atomic E-state index is 0.331. The number of allylic oxidation sites excluding steroid dienone is 1. The van der Waals surface area contributed by atoms with Crippen molar-refractivity contribution in [3.05, 3.63) is 42.5 Å². The van der Waals surface area contributed by atoms with Gasteiger partial charge in [-0.15, -0.1) is 6.58 Å². The van der Waals surface area contributed by atoms with E-state index in [1.54, 1.807) is 7.11 Å². The molecule has 0 aromatic heterocycles. The van der Waals surface area contributed by atoms with Crippen LogP contribution >= 0.6 is 0 Å². The van der Waals surface area contributed by atoms with Gasteiger partial charge < -0.3 is 9.84 Å². The predicted octanol–water partition coefficient (Wildman–Crippen LogP) is 3.45. The van der Waals surface area contributed by atoms with Crippen molar-refractivity contribution < 1.29 is 9.84 Å². The average Bonchev–Trinajstić information content (AvgIpc) is 2.31. The van der Waals surface area contributed by atoms with E-state index < -0.39 is 0 Å². The Morgan fingerprint density at radius 2 is 1.88 bits per heavy atom. The summed E-state index contributed by atoms with van der Waals surface area (Å²) in [4.78, 5) is 0. The molecule has 1 aromatic rings. The van der Waals surface area contributed by atoms with Crippen LogP contribution in [0.1, 0.15) is 25.8 Å². The van der Waals surface area contributed by atoms with Crippen LogP contribution in [0.2, 0.25) is 0 Å². The van der Waals surface area contributed by atoms with Crippen molar-refractivity contribution in [1.82, 2.24) is 0 Å². The fraction of sp³-hybridized carbons (Fsp3) is 0.467. The predicted molar refractivity (Wildman–Crippen MR) is 73.4 cm³/mol. The third-order valence-electron chi connectivity index (χ3n) is 2.25. The molecule has 0 fully saturated rings. The monoisotopic (exact) mass is 236 g/mol. The molecule has 1 N–H and O–H groups in total. The lowest BCUT2D eigenvalue weighted by Gasteiger charge is -1.99. The quantitative estimate of drug-likeness (QED) is 0.793. The highest BCUT2D eigenvalue weighted by atomic mass is 16.5. The molecule has 0 heterocycles. The molecule has 2 heteroatoms. The van der Waals surface area contributed by atoms with Gasteiger partial charge in [0.15, 0.2) is 0 Å². The molecule has 17 heavy (non-hydrogen) atoms. The lowest BCUT2D eigenvalue weighted by molar-refractivity contribution is 0.268. The number of benzene rings is 1. The summed E-state index contributed by atoms with van der Waals surface area (Å²) in [7, 11) is 1.67. The Hall–Kier alpha value is -1.28. The highest BCUT2D eigenvalue weighted by molar-refractivity contribution is 5.27. The highest BCUT2D eigenvalue weighted by Crippen LogP contribution is 2.11. The number of ether oxygens (including phenoxy) is 1. The van der Waals surface area contributed by atoms with Crippen LogP contribution in [-0.4, -0.2) is 18.8 Å². The van der Waals surface area contributed by atoms with Crippen LogP contribution in [0.25, 0.3) is 0 Å². The van der Waals surface area contributed by atoms with Gasteiger partial charge in [-0.2, -0.15) is 0 Å². The summed E-state index contributed by atoms with van der Waals surface area (Å²) in [5, 5.41) is 8.24. The van der Waals surface area contributed by atoms with Gasteiger partial charge in [-0.05, 0) is 36.5 Å². The first-order valence-corrected chi connectivity index (χ1v) is 5.98. The van der Waals surface area contributed by atoms with Crippen LogP contribution in [0.15, 0.2) is 36.9 Å². The fourth-order valence-electron chi connectivity index (χ4n) is 1.19. The maximum atomic E-state index is 8.24. The summed E-state index contributed by atoms with van der Waals surface area (Å²) in [6, 6.07) is 8.00. The average molecular weight is 236 g/mol. The van der Waals surface area contributed by atoms with Gasteiger partial charge in [-0.3, -0.25) is 0 Å². The van der Waals surface area contributed by atoms with E-state index in [-0.39, 0.29) is 0 Å². The molecule has 0 amide bonds. The zero-order chi connectivity index (χ0) is 13.1. The Kier molecular flexibility index (Phi) is 9.17. The molecule has 0 bridgehead atoms. The number of aliphatic hydroxyl groups excluding tert-OH is 1. The molecule has 0 saturated carbocycles. The molecule has 0 aliphatic rings. The van der Waals surface area contributed by atoms with Crippen molar-refractivity contribution in [1.29, 1.82) is 0 Å². The number of methoxy groups -OCH3 is 1. The van der Waals surface area contributed by atoms with Gasteiger partial charge in [0, 0.05) is 6.61 Å². The second kappa shape index (κ2) is 9.91. The van der Waals surface area contributed by atoms with Crippen molar-refractivity contribution in [2.24, 2.45) is 5.92 Å². The summed E-state index contributed by atoms with van der Waals surface area (Å²) in [6.45, 7) is 8.19. The Balaban J connectivity index is 0.000000366. The van der Waals surface area contributed by atoms with Crippen LogP contribution in [0, 0.1) is 5.92 Å². The summed E-state index contributed by atoms with van der Waals surface area (Å²) >= 11 is 0. The maximum Gasteiger partial charge on any atom is 0.118 e. The van der Waals surface area contributed by atoms with E-state index in [0.29, 0.717) is 12.5 Å². The van der Waals surface area contributed by atoms with Crippen molar-refractivity contribution in [2.45, 2.75) is 26.7 Å². The van der Waals surface area contributed by atoms with Gasteiger partial charge in [-0.25, -0.2) is 0 Å². The molecule has 1 rings (SSSR count). The van der Waals surface area contributed by atoms with E-state index in [4.69, 9.17) is 9.84 Å². The zero-order valence-corrected chi connectivity index (χ0v) is 11.1. The van der Waals surface area contributed by atoms with Crippen LogP contribution in [0.3, 0.4) is 0 Å². The Labute approximate surface area is 105 Å². The summed E-state index contributed by atoms with van der Waals surface area (Å²) in [5.41, 5.74) is 1.26. The first-order chi connectivity index (χ1) is 8.13. The molecule has 0 atom stereocenters. The van der Waals surface area contributed by atoms with Gasteiger partial charge in [-0.1, -0.05) is 32.1 Å². The van der Waals surface area contributed by atoms with Gasteiger partial charge in [0.1, 0.15) is 5.75 Å². The number of aliphatic hydroxyl groups is 1. The molecule has 0 saturated heterocycles. The SMILES string of the molecule is C=CCc1ccc(OC)cc1.CC(C)CCO. The van der Waals surface area contributed by atoms with E-state index in [9.17, 15) is 0 Å². The third kappa shape index (κ3) is 8.52. The zero-order valence-electron chi connectivity index (χ0n) is 11.1. The summed E-state index contributed by atoms with van der Waals surface area (Å²) in [5.74, 6) is 1.55. The molecule has 0 unspecified atom stereocenters. The second-order valence-corrected chi connectivity index (χ2v) is 4.25. The standard InChI is InChI=1S/C10H12O.C5H12O/c1-3-4-9-5-7-10(11-2)8-6-9;1-5(2)3-4-6/h3,5-8H,1,4H2,2H3;5-6H,3-4H2,1-2H3. The van der Waals surface area contributed by atoms with Crippen molar-refractivity contribution in [3.63, 3.8) is 0 Å². The smallest absolute Gasteiger partial charge is 0.118 e. The van der Waals surface area contributed by atoms with Crippen LogP contribution in [0.5, 0.6) is 5.75 Å². The van der Waals surface area contributed by atoms with Gasteiger partial charge in [0.05, 0.1) is 7.11 Å². The van der Waals surface area contributed by atoms with Gasteiger partial charge in [0.2, 0.25) is 0 Å². The van der Waals surface area contributed by atoms with Gasteiger partial charge in [0.25, 0.3) is 0 Å². The van der Waals surface area contributed by atoms with Crippen molar-refractivity contribution in [2.75, 3.05) is 13.7 Å². The fourth-order valence-corrected chi connectivity index (χ4v) is 1.19. The molecule has 0 aliphatic carbocycles. The van der Waals surface area contributed by atoms with E-state index in [0.717, 1.165) is 18.6 Å². The Morgan fingerprint density at radius 3 is 2.18 bits per heavy atom. The van der Waals surface area contributed by atoms with Crippen LogP contribution < -0.4 is 4.74 Å². The van der Waals surface area contributed by atoms with Gasteiger partial charge >= 0.3 is 0 Å². The van der Waals surface area contributed by atoms with Crippen molar-refractivity contribution >= 4 is 0 Å². The van der Waals surface area contributed by atoms with E-state index in [1.165, 1.54) is 5.56 Å². The van der Waals surface area contributed by atoms with E-state index in [2.05, 4.69) is 20.4 Å². The summed E-state index contributed by atoms with van der Waals surface area (Å²) in [6.07, 6.45) is 3.74. The molecule has 0 aliphatic heterocycles. The molecule has 0 radical (unpaired) electrons. The molecular formula is C15H24O2. The number of rotatable bonds is 5. The minimum Gasteiger partial charge on any atom is -0.497 e. The maximum absolute atomic E-state index is 8.24. The largest absolute Gasteiger partial charge is 0.497 e. The molecule has 2 nitrogen and oxygen atoms in total. The summed E-state index contributed by atoms with van der Waals surface area (Å²) < 4.78 is 5.02. The minimum absolute atomic E-state index is 0.331. The van der Waals surface area contributed by atoms with Crippen LogP contribution in [0.4, 0.5) is 0 Å². The normalized spacial score (nSPS) is 9.47. The molecule has 1 aromatic carbocycles. The molecular weight excluding hydrogens is 212 g/mol. The topological polar surface area (TPSA) is 29.5 Å².